The van der Waals surface area contributed by atoms with Crippen molar-refractivity contribution < 1.29 is 9.15 Å². The molecule has 1 aliphatic heterocycles. The second kappa shape index (κ2) is 4.74. The number of aromatic nitrogens is 2. The van der Waals surface area contributed by atoms with Crippen LogP contribution in [0.15, 0.2) is 4.42 Å². The predicted molar refractivity (Wildman–Crippen MR) is 61.8 cm³/mol. The van der Waals surface area contributed by atoms with E-state index in [1.54, 1.807) is 0 Å². The van der Waals surface area contributed by atoms with Crippen molar-refractivity contribution in [2.75, 3.05) is 13.2 Å². The summed E-state index contributed by atoms with van der Waals surface area (Å²) in [7, 11) is 0. The maximum atomic E-state index is 5.68. The van der Waals surface area contributed by atoms with E-state index in [0.29, 0.717) is 18.6 Å². The van der Waals surface area contributed by atoms with Gasteiger partial charge in [0, 0.05) is 19.0 Å². The van der Waals surface area contributed by atoms with Gasteiger partial charge in [-0.25, -0.2) is 0 Å². The molecule has 5 heteroatoms. The third-order valence-electron chi connectivity index (χ3n) is 3.38. The zero-order valence-corrected chi connectivity index (χ0v) is 10.2. The van der Waals surface area contributed by atoms with Gasteiger partial charge in [-0.2, -0.15) is 0 Å². The largest absolute Gasteiger partial charge is 0.425 e. The molecular weight excluding hydrogens is 218 g/mol. The van der Waals surface area contributed by atoms with E-state index in [9.17, 15) is 0 Å². The van der Waals surface area contributed by atoms with E-state index in [1.165, 1.54) is 12.8 Å². The first-order valence-corrected chi connectivity index (χ1v) is 6.48. The van der Waals surface area contributed by atoms with Crippen LogP contribution >= 0.6 is 0 Å². The summed E-state index contributed by atoms with van der Waals surface area (Å²) in [6, 6.07) is 0.737. The summed E-state index contributed by atoms with van der Waals surface area (Å²) in [6.07, 6.45) is 4.75. The topological polar surface area (TPSA) is 60.2 Å². The van der Waals surface area contributed by atoms with Crippen molar-refractivity contribution in [1.82, 2.24) is 15.5 Å². The zero-order chi connectivity index (χ0) is 11.7. The molecule has 1 aliphatic carbocycles. The Labute approximate surface area is 101 Å². The third-order valence-corrected chi connectivity index (χ3v) is 3.38. The summed E-state index contributed by atoms with van der Waals surface area (Å²) in [5, 5.41) is 11.7. The molecule has 17 heavy (non-hydrogen) atoms. The number of nitrogens with one attached hydrogen (secondary N) is 1. The average Bonchev–Trinajstić information content (AvgIpc) is 2.85. The molecule has 94 valence electrons. The molecule has 0 spiro atoms. The Kier molecular flexibility index (Phi) is 3.11. The second-order valence-corrected chi connectivity index (χ2v) is 5.09. The molecule has 3 rings (SSSR count). The average molecular weight is 237 g/mol. The van der Waals surface area contributed by atoms with Gasteiger partial charge in [0.05, 0.1) is 18.6 Å². The van der Waals surface area contributed by atoms with Gasteiger partial charge < -0.3 is 14.5 Å². The van der Waals surface area contributed by atoms with Crippen LogP contribution in [0.4, 0.5) is 0 Å². The van der Waals surface area contributed by atoms with E-state index < -0.39 is 0 Å². The Morgan fingerprint density at radius 1 is 1.35 bits per heavy atom. The van der Waals surface area contributed by atoms with E-state index in [2.05, 4.69) is 22.4 Å². The summed E-state index contributed by atoms with van der Waals surface area (Å²) in [4.78, 5) is 0. The molecule has 2 fully saturated rings. The molecule has 1 saturated heterocycles. The van der Waals surface area contributed by atoms with Gasteiger partial charge in [-0.3, -0.25) is 0 Å². The lowest BCUT2D eigenvalue weighted by atomic mass is 10.1. The van der Waals surface area contributed by atoms with E-state index >= 15 is 0 Å². The minimum Gasteiger partial charge on any atom is -0.425 e. The van der Waals surface area contributed by atoms with Gasteiger partial charge in [0.1, 0.15) is 0 Å². The van der Waals surface area contributed by atoms with Crippen LogP contribution in [-0.4, -0.2) is 35.5 Å². The summed E-state index contributed by atoms with van der Waals surface area (Å²) in [5.74, 6) is 1.78. The number of hydrogen-bond donors (Lipinski definition) is 1. The first-order chi connectivity index (χ1) is 8.31. The normalized spacial score (nSPS) is 28.8. The van der Waals surface area contributed by atoms with E-state index in [-0.39, 0.29) is 0 Å². The SMILES string of the molecule is CC1CC(c2nnc(CCNC3CC3)o2)CO1. The Hall–Kier alpha value is -0.940. The van der Waals surface area contributed by atoms with Crippen LogP contribution in [0, 0.1) is 0 Å². The van der Waals surface area contributed by atoms with Crippen molar-refractivity contribution in [2.45, 2.75) is 50.7 Å². The van der Waals surface area contributed by atoms with Gasteiger partial charge in [0.2, 0.25) is 11.8 Å². The highest BCUT2D eigenvalue weighted by Crippen LogP contribution is 2.28. The van der Waals surface area contributed by atoms with Crippen LogP contribution in [0.5, 0.6) is 0 Å². The summed E-state index contributed by atoms with van der Waals surface area (Å²) in [5.41, 5.74) is 0. The standard InChI is InChI=1S/C12H19N3O2/c1-8-6-9(7-16-8)12-15-14-11(17-12)4-5-13-10-2-3-10/h8-10,13H,2-7H2,1H3. The third kappa shape index (κ3) is 2.84. The molecule has 2 heterocycles. The molecule has 0 amide bonds. The lowest BCUT2D eigenvalue weighted by Crippen LogP contribution is -2.19. The molecule has 0 bridgehead atoms. The monoisotopic (exact) mass is 237 g/mol. The quantitative estimate of drug-likeness (QED) is 0.835. The minimum atomic E-state index is 0.294. The fourth-order valence-electron chi connectivity index (χ4n) is 2.19. The van der Waals surface area contributed by atoms with Crippen LogP contribution in [0.3, 0.4) is 0 Å². The molecule has 2 aliphatic rings. The van der Waals surface area contributed by atoms with Gasteiger partial charge in [-0.15, -0.1) is 10.2 Å². The van der Waals surface area contributed by atoms with Crippen molar-refractivity contribution in [3.05, 3.63) is 11.8 Å². The maximum absolute atomic E-state index is 5.68. The molecule has 2 unspecified atom stereocenters. The summed E-state index contributed by atoms with van der Waals surface area (Å²) >= 11 is 0. The maximum Gasteiger partial charge on any atom is 0.222 e. The highest BCUT2D eigenvalue weighted by molar-refractivity contribution is 4.95. The fourth-order valence-corrected chi connectivity index (χ4v) is 2.19. The van der Waals surface area contributed by atoms with E-state index in [0.717, 1.165) is 37.2 Å². The highest BCUT2D eigenvalue weighted by atomic mass is 16.5. The Morgan fingerprint density at radius 3 is 2.94 bits per heavy atom. The first kappa shape index (κ1) is 11.2. The smallest absolute Gasteiger partial charge is 0.222 e. The number of ether oxygens (including phenoxy) is 1. The number of nitrogens with zero attached hydrogens (tertiary/aromatic N) is 2. The van der Waals surface area contributed by atoms with Crippen molar-refractivity contribution >= 4 is 0 Å². The fraction of sp³-hybridized carbons (Fsp3) is 0.833. The van der Waals surface area contributed by atoms with Crippen molar-refractivity contribution in [1.29, 1.82) is 0 Å². The van der Waals surface area contributed by atoms with Crippen molar-refractivity contribution in [3.8, 4) is 0 Å². The van der Waals surface area contributed by atoms with Crippen LogP contribution in [0.25, 0.3) is 0 Å². The molecule has 1 aromatic heterocycles. The Bertz CT molecular complexity index is 376. The molecule has 1 saturated carbocycles. The molecule has 0 radical (unpaired) electrons. The number of hydrogen-bond acceptors (Lipinski definition) is 5. The molecule has 1 aromatic rings. The summed E-state index contributed by atoms with van der Waals surface area (Å²) < 4.78 is 11.2. The van der Waals surface area contributed by atoms with Gasteiger partial charge in [0.15, 0.2) is 0 Å². The van der Waals surface area contributed by atoms with Crippen molar-refractivity contribution in [2.24, 2.45) is 0 Å². The molecule has 2 atom stereocenters. The first-order valence-electron chi connectivity index (χ1n) is 6.48. The second-order valence-electron chi connectivity index (χ2n) is 5.09. The van der Waals surface area contributed by atoms with Gasteiger partial charge in [-0.1, -0.05) is 0 Å². The van der Waals surface area contributed by atoms with Gasteiger partial charge in [-0.05, 0) is 26.2 Å². The number of rotatable bonds is 5. The molecular formula is C12H19N3O2. The van der Waals surface area contributed by atoms with Gasteiger partial charge >= 0.3 is 0 Å². The molecule has 1 N–H and O–H groups in total. The lowest BCUT2D eigenvalue weighted by Gasteiger charge is -2.00. The van der Waals surface area contributed by atoms with Crippen LogP contribution in [0.2, 0.25) is 0 Å². The zero-order valence-electron chi connectivity index (χ0n) is 10.2. The predicted octanol–water partition coefficient (Wildman–Crippen LogP) is 1.26. The van der Waals surface area contributed by atoms with Crippen LogP contribution < -0.4 is 5.32 Å². The Balaban J connectivity index is 1.50. The van der Waals surface area contributed by atoms with E-state index in [4.69, 9.17) is 9.15 Å². The van der Waals surface area contributed by atoms with Gasteiger partial charge in [0.25, 0.3) is 0 Å². The summed E-state index contributed by atoms with van der Waals surface area (Å²) in [6.45, 7) is 3.73. The molecule has 5 nitrogen and oxygen atoms in total. The Morgan fingerprint density at radius 2 is 2.24 bits per heavy atom. The van der Waals surface area contributed by atoms with Crippen molar-refractivity contribution in [3.63, 3.8) is 0 Å². The minimum absolute atomic E-state index is 0.294. The van der Waals surface area contributed by atoms with E-state index in [1.807, 2.05) is 0 Å². The highest BCUT2D eigenvalue weighted by Gasteiger charge is 2.28. The van der Waals surface area contributed by atoms with Crippen LogP contribution in [-0.2, 0) is 11.2 Å². The lowest BCUT2D eigenvalue weighted by molar-refractivity contribution is 0.122. The van der Waals surface area contributed by atoms with Crippen LogP contribution in [0.1, 0.15) is 43.9 Å². The molecule has 0 aromatic carbocycles.